The van der Waals surface area contributed by atoms with Crippen LogP contribution in [0, 0.1) is 6.92 Å². The number of hydrogen-bond donors (Lipinski definition) is 2. The predicted octanol–water partition coefficient (Wildman–Crippen LogP) is 0.928. The van der Waals surface area contributed by atoms with Crippen molar-refractivity contribution in [2.24, 2.45) is 0 Å². The van der Waals surface area contributed by atoms with Crippen LogP contribution in [0.2, 0.25) is 0 Å². The Hall–Kier alpha value is -2.70. The molecule has 116 valence electrons. The highest BCUT2D eigenvalue weighted by Gasteiger charge is 2.20. The summed E-state index contributed by atoms with van der Waals surface area (Å²) in [5.74, 6) is -1.87. The van der Waals surface area contributed by atoms with Crippen molar-refractivity contribution in [2.75, 3.05) is 0 Å². The molecule has 2 N–H and O–H groups in total. The topological polar surface area (TPSA) is 101 Å². The molecule has 0 unspecified atom stereocenters. The summed E-state index contributed by atoms with van der Waals surface area (Å²) in [6, 6.07) is 2.25. The van der Waals surface area contributed by atoms with Gasteiger partial charge in [0.1, 0.15) is 17.3 Å². The first-order valence-corrected chi connectivity index (χ1v) is 6.89. The smallest absolute Gasteiger partial charge is 0.325 e. The van der Waals surface area contributed by atoms with Crippen molar-refractivity contribution in [1.82, 2.24) is 14.9 Å². The minimum Gasteiger partial charge on any atom is -0.480 e. The van der Waals surface area contributed by atoms with Crippen LogP contribution in [0.1, 0.15) is 29.9 Å². The van der Waals surface area contributed by atoms with Crippen molar-refractivity contribution in [3.63, 3.8) is 0 Å². The van der Waals surface area contributed by atoms with Crippen LogP contribution in [0.5, 0.6) is 0 Å². The Labute approximate surface area is 126 Å². The summed E-state index contributed by atoms with van der Waals surface area (Å²) in [6.45, 7) is 5.56. The number of nitrogens with one attached hydrogen (secondary N) is 1. The predicted molar refractivity (Wildman–Crippen MR) is 81.0 cm³/mol. The summed E-state index contributed by atoms with van der Waals surface area (Å²) in [5.41, 5.74) is 0.733. The number of nitrogens with zero attached hydrogens (tertiary/aromatic N) is 2. The molecule has 0 aliphatic rings. The van der Waals surface area contributed by atoms with Gasteiger partial charge in [-0.15, -0.1) is 0 Å². The number of carbonyl (C=O) groups excluding carboxylic acids is 1. The molecule has 2 heterocycles. The Morgan fingerprint density at radius 3 is 2.68 bits per heavy atom. The van der Waals surface area contributed by atoms with Crippen molar-refractivity contribution >= 4 is 22.9 Å². The molecule has 0 aliphatic carbocycles. The molecule has 1 amide bonds. The van der Waals surface area contributed by atoms with Gasteiger partial charge in [0, 0.05) is 18.4 Å². The van der Waals surface area contributed by atoms with Gasteiger partial charge in [-0.05, 0) is 32.9 Å². The SMILES string of the molecule is CCn1cc(C(=O)N[C@H](C)C(=O)O)c(=O)c2ccc(C)nc21. The number of carboxylic acids is 1. The maximum Gasteiger partial charge on any atom is 0.325 e. The average Bonchev–Trinajstić information content (AvgIpc) is 2.47. The zero-order valence-electron chi connectivity index (χ0n) is 12.6. The number of hydrogen-bond acceptors (Lipinski definition) is 4. The van der Waals surface area contributed by atoms with E-state index < -0.39 is 23.3 Å². The van der Waals surface area contributed by atoms with Crippen molar-refractivity contribution in [2.45, 2.75) is 33.4 Å². The molecule has 0 spiro atoms. The molecular formula is C15H17N3O4. The van der Waals surface area contributed by atoms with E-state index in [9.17, 15) is 14.4 Å². The first-order chi connectivity index (χ1) is 10.3. The van der Waals surface area contributed by atoms with E-state index >= 15 is 0 Å². The molecule has 0 saturated carbocycles. The van der Waals surface area contributed by atoms with Crippen molar-refractivity contribution in [3.05, 3.63) is 39.8 Å². The van der Waals surface area contributed by atoms with Gasteiger partial charge in [0.15, 0.2) is 0 Å². The third-order valence-corrected chi connectivity index (χ3v) is 3.36. The summed E-state index contributed by atoms with van der Waals surface area (Å²) in [4.78, 5) is 39.7. The van der Waals surface area contributed by atoms with Gasteiger partial charge < -0.3 is 15.0 Å². The monoisotopic (exact) mass is 303 g/mol. The molecule has 0 aliphatic heterocycles. The van der Waals surface area contributed by atoms with E-state index in [1.165, 1.54) is 13.1 Å². The second-order valence-corrected chi connectivity index (χ2v) is 5.02. The highest BCUT2D eigenvalue weighted by molar-refractivity contribution is 5.98. The molecule has 0 bridgehead atoms. The van der Waals surface area contributed by atoms with Gasteiger partial charge in [0.2, 0.25) is 5.43 Å². The maximum absolute atomic E-state index is 12.4. The van der Waals surface area contributed by atoms with Crippen LogP contribution in [-0.4, -0.2) is 32.6 Å². The summed E-state index contributed by atoms with van der Waals surface area (Å²) < 4.78 is 1.70. The lowest BCUT2D eigenvalue weighted by atomic mass is 10.1. The van der Waals surface area contributed by atoms with Gasteiger partial charge in [-0.25, -0.2) is 4.98 Å². The Bertz CT molecular complexity index is 810. The highest BCUT2D eigenvalue weighted by atomic mass is 16.4. The number of pyridine rings is 2. The summed E-state index contributed by atoms with van der Waals surface area (Å²) in [7, 11) is 0. The average molecular weight is 303 g/mol. The second kappa shape index (κ2) is 5.97. The molecule has 0 radical (unpaired) electrons. The number of amides is 1. The molecular weight excluding hydrogens is 286 g/mol. The number of aryl methyl sites for hydroxylation is 2. The Morgan fingerprint density at radius 2 is 2.09 bits per heavy atom. The van der Waals surface area contributed by atoms with E-state index in [0.717, 1.165) is 5.69 Å². The van der Waals surface area contributed by atoms with Crippen LogP contribution in [0.3, 0.4) is 0 Å². The van der Waals surface area contributed by atoms with Gasteiger partial charge in [0.25, 0.3) is 5.91 Å². The van der Waals surface area contributed by atoms with Crippen molar-refractivity contribution in [3.8, 4) is 0 Å². The van der Waals surface area contributed by atoms with E-state index in [-0.39, 0.29) is 5.56 Å². The van der Waals surface area contributed by atoms with E-state index in [4.69, 9.17) is 5.11 Å². The van der Waals surface area contributed by atoms with Crippen LogP contribution in [0.15, 0.2) is 23.1 Å². The summed E-state index contributed by atoms with van der Waals surface area (Å²) in [6.07, 6.45) is 1.42. The molecule has 22 heavy (non-hydrogen) atoms. The highest BCUT2D eigenvalue weighted by Crippen LogP contribution is 2.11. The van der Waals surface area contributed by atoms with E-state index in [2.05, 4.69) is 10.3 Å². The fraction of sp³-hybridized carbons (Fsp3) is 0.333. The van der Waals surface area contributed by atoms with Gasteiger partial charge in [0.05, 0.1) is 5.39 Å². The van der Waals surface area contributed by atoms with Crippen molar-refractivity contribution in [1.29, 1.82) is 0 Å². The molecule has 0 aromatic carbocycles. The fourth-order valence-electron chi connectivity index (χ4n) is 2.10. The first kappa shape index (κ1) is 15.7. The summed E-state index contributed by atoms with van der Waals surface area (Å²) >= 11 is 0. The normalized spacial score (nSPS) is 12.1. The van der Waals surface area contributed by atoms with Crippen LogP contribution in [0.25, 0.3) is 11.0 Å². The third kappa shape index (κ3) is 2.83. The van der Waals surface area contributed by atoms with Gasteiger partial charge >= 0.3 is 5.97 Å². The molecule has 7 heteroatoms. The largest absolute Gasteiger partial charge is 0.480 e. The maximum atomic E-state index is 12.4. The molecule has 7 nitrogen and oxygen atoms in total. The molecule has 2 aromatic rings. The van der Waals surface area contributed by atoms with E-state index in [1.54, 1.807) is 16.7 Å². The van der Waals surface area contributed by atoms with Crippen LogP contribution in [-0.2, 0) is 11.3 Å². The Morgan fingerprint density at radius 1 is 1.41 bits per heavy atom. The first-order valence-electron chi connectivity index (χ1n) is 6.89. The summed E-state index contributed by atoms with van der Waals surface area (Å²) in [5, 5.41) is 11.5. The number of carboxylic acid groups (broad SMARTS) is 1. The van der Waals surface area contributed by atoms with E-state index in [0.29, 0.717) is 17.6 Å². The Kier molecular flexibility index (Phi) is 4.25. The van der Waals surface area contributed by atoms with Crippen molar-refractivity contribution < 1.29 is 14.7 Å². The van der Waals surface area contributed by atoms with Gasteiger partial charge in [-0.3, -0.25) is 14.4 Å². The zero-order valence-corrected chi connectivity index (χ0v) is 12.6. The number of aliphatic carboxylic acids is 1. The lowest BCUT2D eigenvalue weighted by molar-refractivity contribution is -0.138. The van der Waals surface area contributed by atoms with Crippen LogP contribution >= 0.6 is 0 Å². The Balaban J connectivity index is 2.58. The molecule has 0 saturated heterocycles. The molecule has 1 atom stereocenters. The fourth-order valence-corrected chi connectivity index (χ4v) is 2.10. The van der Waals surface area contributed by atoms with Gasteiger partial charge in [-0.1, -0.05) is 0 Å². The molecule has 2 rings (SSSR count). The number of aromatic nitrogens is 2. The number of carbonyl (C=O) groups is 2. The van der Waals surface area contributed by atoms with Crippen LogP contribution < -0.4 is 10.7 Å². The van der Waals surface area contributed by atoms with Crippen LogP contribution in [0.4, 0.5) is 0 Å². The minimum absolute atomic E-state index is 0.0897. The molecule has 0 fully saturated rings. The number of fused-ring (bicyclic) bond motifs is 1. The zero-order chi connectivity index (χ0) is 16.4. The lowest BCUT2D eigenvalue weighted by Crippen LogP contribution is -2.40. The standard InChI is InChI=1S/C15H17N3O4/c1-4-18-7-11(14(20)17-9(3)15(21)22)12(19)10-6-5-8(2)16-13(10)18/h5-7,9H,4H2,1-3H3,(H,17,20)(H,21,22)/t9-/m1/s1. The third-order valence-electron chi connectivity index (χ3n) is 3.36. The second-order valence-electron chi connectivity index (χ2n) is 5.02. The number of rotatable bonds is 4. The molecule has 2 aromatic heterocycles. The van der Waals surface area contributed by atoms with Gasteiger partial charge in [-0.2, -0.15) is 0 Å². The lowest BCUT2D eigenvalue weighted by Gasteiger charge is -2.13. The van der Waals surface area contributed by atoms with E-state index in [1.807, 2.05) is 13.8 Å². The minimum atomic E-state index is -1.16. The quantitative estimate of drug-likeness (QED) is 0.875.